The van der Waals surface area contributed by atoms with E-state index in [1.807, 2.05) is 24.5 Å². The number of fused-ring (bicyclic) bond motifs is 1. The van der Waals surface area contributed by atoms with Crippen molar-refractivity contribution < 1.29 is 29.0 Å². The first-order valence-corrected chi connectivity index (χ1v) is 12.2. The first-order valence-electron chi connectivity index (χ1n) is 10.6. The molecule has 33 heavy (non-hydrogen) atoms. The maximum atomic E-state index is 12.9. The molecule has 1 atom stereocenters. The maximum absolute atomic E-state index is 12.9. The van der Waals surface area contributed by atoms with Gasteiger partial charge in [-0.25, -0.2) is 9.59 Å². The average molecular weight is 489 g/mol. The van der Waals surface area contributed by atoms with Crippen LogP contribution in [0.25, 0.3) is 11.1 Å². The predicted molar refractivity (Wildman–Crippen MR) is 126 cm³/mol. The van der Waals surface area contributed by atoms with Crippen molar-refractivity contribution in [1.29, 1.82) is 0 Å². The van der Waals surface area contributed by atoms with Crippen LogP contribution in [-0.2, 0) is 27.2 Å². The van der Waals surface area contributed by atoms with Crippen LogP contribution in [0.2, 0.25) is 0 Å². The molecule has 1 aliphatic carbocycles. The highest BCUT2D eigenvalue weighted by atomic mass is 32.2. The van der Waals surface area contributed by atoms with Gasteiger partial charge in [0.2, 0.25) is 0 Å². The topological polar surface area (TPSA) is 106 Å². The molecule has 0 bridgehead atoms. The molecule has 2 aliphatic rings. The van der Waals surface area contributed by atoms with Crippen LogP contribution in [0, 0.1) is 13.8 Å². The summed E-state index contributed by atoms with van der Waals surface area (Å²) in [5.74, 6) is -2.15. The van der Waals surface area contributed by atoms with Crippen LogP contribution in [0.5, 0.6) is 0 Å². The molecule has 1 N–H and O–H groups in total. The fourth-order valence-corrected chi connectivity index (χ4v) is 6.80. The first-order chi connectivity index (χ1) is 15.6. The van der Waals surface area contributed by atoms with E-state index in [0.29, 0.717) is 16.1 Å². The highest BCUT2D eigenvalue weighted by Crippen LogP contribution is 2.40. The number of nitrogens with zero attached hydrogens (tertiary/aromatic N) is 2. The number of ether oxygens (including phenoxy) is 1. The molecule has 0 radical (unpaired) electrons. The van der Waals surface area contributed by atoms with E-state index in [2.05, 4.69) is 4.74 Å². The standard InChI is InChI=1S/C23H24N2O6S2/c1-11-9-14(10-17-19(26)25(23(30)33-17)13(3)22(29)31-4)12(2)24(11)20-18(21(27)28)15-7-5-6-8-16(15)32-20/h9-10,13H,5-8H2,1-4H3,(H,27,28)/b17-10+/t13-/m1/s1. The Morgan fingerprint density at radius 1 is 1.21 bits per heavy atom. The number of aromatic nitrogens is 1. The van der Waals surface area contributed by atoms with Crippen molar-refractivity contribution in [3.63, 3.8) is 0 Å². The Bertz CT molecular complexity index is 1220. The number of esters is 1. The molecule has 4 rings (SSSR count). The minimum atomic E-state index is -1.02. The number of aryl methyl sites for hydroxylation is 2. The Kier molecular flexibility index (Phi) is 6.24. The van der Waals surface area contributed by atoms with Crippen molar-refractivity contribution >= 4 is 52.3 Å². The van der Waals surface area contributed by atoms with Crippen LogP contribution in [-0.4, -0.2) is 50.8 Å². The van der Waals surface area contributed by atoms with Gasteiger partial charge >= 0.3 is 11.9 Å². The number of methoxy groups -OCH3 is 1. The molecule has 0 unspecified atom stereocenters. The van der Waals surface area contributed by atoms with E-state index in [1.54, 1.807) is 6.08 Å². The SMILES string of the molecule is COC(=O)[C@@H](C)N1C(=O)S/C(=C/c2cc(C)n(-c3sc4c(c3C(=O)O)CCCC4)c2C)C1=O. The molecule has 2 aromatic heterocycles. The number of hydrogen-bond acceptors (Lipinski definition) is 7. The molecule has 0 aromatic carbocycles. The van der Waals surface area contributed by atoms with Gasteiger partial charge in [0.1, 0.15) is 11.0 Å². The third-order valence-electron chi connectivity index (χ3n) is 6.08. The number of amides is 2. The molecule has 174 valence electrons. The number of hydrogen-bond donors (Lipinski definition) is 1. The first kappa shape index (κ1) is 23.3. The number of aromatic carboxylic acids is 1. The molecule has 10 heteroatoms. The summed E-state index contributed by atoms with van der Waals surface area (Å²) in [7, 11) is 1.20. The minimum absolute atomic E-state index is 0.208. The van der Waals surface area contributed by atoms with Gasteiger partial charge in [-0.1, -0.05) is 0 Å². The average Bonchev–Trinajstić information content (AvgIpc) is 3.38. The van der Waals surface area contributed by atoms with E-state index < -0.39 is 29.1 Å². The maximum Gasteiger partial charge on any atom is 0.339 e. The van der Waals surface area contributed by atoms with Crippen LogP contribution < -0.4 is 0 Å². The van der Waals surface area contributed by atoms with E-state index in [4.69, 9.17) is 0 Å². The van der Waals surface area contributed by atoms with E-state index in [9.17, 15) is 24.3 Å². The normalized spacial score (nSPS) is 18.1. The summed E-state index contributed by atoms with van der Waals surface area (Å²) < 4.78 is 6.58. The van der Waals surface area contributed by atoms with Crippen molar-refractivity contribution in [3.8, 4) is 5.00 Å². The van der Waals surface area contributed by atoms with Gasteiger partial charge in [-0.3, -0.25) is 14.5 Å². The third kappa shape index (κ3) is 3.91. The van der Waals surface area contributed by atoms with E-state index >= 15 is 0 Å². The van der Waals surface area contributed by atoms with Gasteiger partial charge in [-0.2, -0.15) is 0 Å². The number of rotatable bonds is 5. The number of imide groups is 1. The van der Waals surface area contributed by atoms with Gasteiger partial charge in [-0.05, 0) is 81.5 Å². The Labute approximate surface area is 199 Å². The summed E-state index contributed by atoms with van der Waals surface area (Å²) in [4.78, 5) is 51.5. The molecule has 1 fully saturated rings. The van der Waals surface area contributed by atoms with E-state index in [-0.39, 0.29) is 4.91 Å². The van der Waals surface area contributed by atoms with Crippen molar-refractivity contribution in [1.82, 2.24) is 9.47 Å². The van der Waals surface area contributed by atoms with Gasteiger partial charge < -0.3 is 14.4 Å². The summed E-state index contributed by atoms with van der Waals surface area (Å²) in [5, 5.41) is 10.1. The smallest absolute Gasteiger partial charge is 0.339 e. The number of thioether (sulfide) groups is 1. The Morgan fingerprint density at radius 2 is 1.91 bits per heavy atom. The summed E-state index contributed by atoms with van der Waals surface area (Å²) >= 11 is 2.29. The predicted octanol–water partition coefficient (Wildman–Crippen LogP) is 4.33. The van der Waals surface area contributed by atoms with Crippen molar-refractivity contribution in [2.24, 2.45) is 0 Å². The molecule has 2 aromatic rings. The van der Waals surface area contributed by atoms with Gasteiger partial charge in [0.05, 0.1) is 17.6 Å². The zero-order valence-electron chi connectivity index (χ0n) is 18.8. The van der Waals surface area contributed by atoms with Gasteiger partial charge in [-0.15, -0.1) is 11.3 Å². The van der Waals surface area contributed by atoms with Crippen molar-refractivity contribution in [3.05, 3.63) is 43.9 Å². The lowest BCUT2D eigenvalue weighted by Gasteiger charge is -2.18. The zero-order valence-corrected chi connectivity index (χ0v) is 20.4. The second-order valence-electron chi connectivity index (χ2n) is 8.11. The highest BCUT2D eigenvalue weighted by molar-refractivity contribution is 8.18. The molecule has 1 saturated heterocycles. The van der Waals surface area contributed by atoms with E-state index in [0.717, 1.165) is 64.2 Å². The molecular formula is C23H24N2O6S2. The molecule has 1 aliphatic heterocycles. The summed E-state index contributed by atoms with van der Waals surface area (Å²) in [5.41, 5.74) is 3.62. The Morgan fingerprint density at radius 3 is 2.58 bits per heavy atom. The Balaban J connectivity index is 1.75. The fraction of sp³-hybridized carbons (Fsp3) is 0.391. The van der Waals surface area contributed by atoms with Crippen LogP contribution in [0.1, 0.15) is 57.5 Å². The molecule has 0 saturated carbocycles. The lowest BCUT2D eigenvalue weighted by atomic mass is 9.95. The van der Waals surface area contributed by atoms with Gasteiger partial charge in [0.25, 0.3) is 11.1 Å². The van der Waals surface area contributed by atoms with Gasteiger partial charge in [0.15, 0.2) is 0 Å². The Hall–Kier alpha value is -2.85. The molecule has 0 spiro atoms. The van der Waals surface area contributed by atoms with Crippen LogP contribution in [0.15, 0.2) is 11.0 Å². The van der Waals surface area contributed by atoms with Crippen molar-refractivity contribution in [2.75, 3.05) is 7.11 Å². The van der Waals surface area contributed by atoms with Crippen LogP contribution in [0.4, 0.5) is 4.79 Å². The fourth-order valence-electron chi connectivity index (χ4n) is 4.41. The third-order valence-corrected chi connectivity index (χ3v) is 8.24. The molecular weight excluding hydrogens is 464 g/mol. The quantitative estimate of drug-likeness (QED) is 0.493. The van der Waals surface area contributed by atoms with E-state index in [1.165, 1.54) is 25.4 Å². The van der Waals surface area contributed by atoms with Crippen molar-refractivity contribution in [2.45, 2.75) is 52.5 Å². The number of carbonyl (C=O) groups excluding carboxylic acids is 3. The molecule has 8 nitrogen and oxygen atoms in total. The van der Waals surface area contributed by atoms with Crippen LogP contribution in [0.3, 0.4) is 0 Å². The number of carboxylic acid groups (broad SMARTS) is 1. The molecule has 2 amide bonds. The number of thiophene rings is 1. The lowest BCUT2D eigenvalue weighted by molar-refractivity contribution is -0.148. The number of carboxylic acids is 1. The summed E-state index contributed by atoms with van der Waals surface area (Å²) in [6.45, 7) is 5.20. The largest absolute Gasteiger partial charge is 0.478 e. The summed E-state index contributed by atoms with van der Waals surface area (Å²) in [6.07, 6.45) is 5.32. The zero-order chi connectivity index (χ0) is 24.0. The second-order valence-corrected chi connectivity index (χ2v) is 10.2. The summed E-state index contributed by atoms with van der Waals surface area (Å²) in [6, 6.07) is 0.855. The molecule has 3 heterocycles. The number of carbonyl (C=O) groups is 4. The minimum Gasteiger partial charge on any atom is -0.478 e. The van der Waals surface area contributed by atoms with Crippen LogP contribution >= 0.6 is 23.1 Å². The van der Waals surface area contributed by atoms with Gasteiger partial charge in [0, 0.05) is 16.3 Å². The monoisotopic (exact) mass is 488 g/mol. The lowest BCUT2D eigenvalue weighted by Crippen LogP contribution is -2.42. The second kappa shape index (κ2) is 8.83. The highest BCUT2D eigenvalue weighted by Gasteiger charge is 2.41.